The predicted molar refractivity (Wildman–Crippen MR) is 86.1 cm³/mol. The van der Waals surface area contributed by atoms with Crippen LogP contribution in [0.25, 0.3) is 0 Å². The molecule has 1 aliphatic rings. The van der Waals surface area contributed by atoms with E-state index in [2.05, 4.69) is 23.9 Å². The van der Waals surface area contributed by atoms with E-state index in [0.717, 1.165) is 23.6 Å². The maximum absolute atomic E-state index is 6.28. The summed E-state index contributed by atoms with van der Waals surface area (Å²) < 4.78 is 0. The summed E-state index contributed by atoms with van der Waals surface area (Å²) in [6.45, 7) is 3.43. The molecule has 1 atom stereocenters. The molecule has 1 aliphatic heterocycles. The Hall–Kier alpha value is -0.610. The largest absolute Gasteiger partial charge is 0.324 e. The van der Waals surface area contributed by atoms with Gasteiger partial charge in [-0.3, -0.25) is 0 Å². The minimum absolute atomic E-state index is 0.0254. The molecule has 1 aromatic carbocycles. The zero-order valence-corrected chi connectivity index (χ0v) is 13.3. The fourth-order valence-corrected chi connectivity index (χ4v) is 3.17. The lowest BCUT2D eigenvalue weighted by molar-refractivity contribution is 0.141. The molecule has 1 heterocycles. The maximum Gasteiger partial charge on any atom is 0.0453 e. The monoisotopic (exact) mass is 295 g/mol. The lowest BCUT2D eigenvalue weighted by Gasteiger charge is -2.35. The van der Waals surface area contributed by atoms with Crippen molar-refractivity contribution in [1.29, 1.82) is 0 Å². The van der Waals surface area contributed by atoms with Crippen molar-refractivity contribution in [3.05, 3.63) is 34.9 Å². The van der Waals surface area contributed by atoms with Gasteiger partial charge in [-0.15, -0.1) is 0 Å². The van der Waals surface area contributed by atoms with Gasteiger partial charge in [-0.1, -0.05) is 29.8 Å². The van der Waals surface area contributed by atoms with Crippen molar-refractivity contribution in [2.24, 2.45) is 5.73 Å². The Morgan fingerprint density at radius 2 is 2.00 bits per heavy atom. The molecule has 3 nitrogen and oxygen atoms in total. The summed E-state index contributed by atoms with van der Waals surface area (Å²) in [6, 6.07) is 8.62. The van der Waals surface area contributed by atoms with Gasteiger partial charge in [0.2, 0.25) is 0 Å². The molecule has 2 rings (SSSR count). The molecule has 1 unspecified atom stereocenters. The number of nitrogens with two attached hydrogens (primary N) is 1. The Morgan fingerprint density at radius 3 is 2.65 bits per heavy atom. The van der Waals surface area contributed by atoms with Crippen molar-refractivity contribution < 1.29 is 0 Å². The molecule has 0 aromatic heterocycles. The molecule has 1 saturated heterocycles. The second-order valence-corrected chi connectivity index (χ2v) is 6.34. The first-order valence-corrected chi connectivity index (χ1v) is 7.84. The average molecular weight is 296 g/mol. The van der Waals surface area contributed by atoms with E-state index in [1.54, 1.807) is 0 Å². The Labute approximate surface area is 127 Å². The molecule has 0 radical (unpaired) electrons. The van der Waals surface area contributed by atoms with E-state index in [9.17, 15) is 0 Å². The number of likely N-dealkylation sites (tertiary alicyclic amines) is 1. The van der Waals surface area contributed by atoms with Crippen LogP contribution in [0.4, 0.5) is 0 Å². The molecular weight excluding hydrogens is 270 g/mol. The first-order valence-electron chi connectivity index (χ1n) is 7.46. The Morgan fingerprint density at radius 1 is 1.35 bits per heavy atom. The summed E-state index contributed by atoms with van der Waals surface area (Å²) >= 11 is 6.20. The quantitative estimate of drug-likeness (QED) is 0.906. The number of nitrogens with zero attached hydrogens (tertiary/aromatic N) is 2. The van der Waals surface area contributed by atoms with E-state index in [0.29, 0.717) is 6.04 Å². The Balaban J connectivity index is 1.81. The standard InChI is InChI=1S/C16H26ClN3/c1-19-10-7-13(8-11-19)20(2)12-9-16(18)14-5-3-4-6-15(14)17/h3-6,13,16H,7-12,18H2,1-2H3. The Bertz CT molecular complexity index is 416. The average Bonchev–Trinajstić information content (AvgIpc) is 2.45. The van der Waals surface area contributed by atoms with E-state index in [1.807, 2.05) is 24.3 Å². The third-order valence-electron chi connectivity index (χ3n) is 4.41. The van der Waals surface area contributed by atoms with Gasteiger partial charge in [-0.05, 0) is 64.6 Å². The van der Waals surface area contributed by atoms with Gasteiger partial charge in [-0.2, -0.15) is 0 Å². The number of rotatable bonds is 5. The van der Waals surface area contributed by atoms with Crippen molar-refractivity contribution >= 4 is 11.6 Å². The molecule has 112 valence electrons. The zero-order chi connectivity index (χ0) is 14.5. The van der Waals surface area contributed by atoms with Gasteiger partial charge in [0.25, 0.3) is 0 Å². The molecule has 20 heavy (non-hydrogen) atoms. The van der Waals surface area contributed by atoms with Crippen molar-refractivity contribution in [1.82, 2.24) is 9.80 Å². The molecule has 0 amide bonds. The molecule has 0 aliphatic carbocycles. The third-order valence-corrected chi connectivity index (χ3v) is 4.75. The fraction of sp³-hybridized carbons (Fsp3) is 0.625. The summed E-state index contributed by atoms with van der Waals surface area (Å²) in [5, 5.41) is 0.780. The highest BCUT2D eigenvalue weighted by Gasteiger charge is 2.21. The minimum atomic E-state index is 0.0254. The maximum atomic E-state index is 6.28. The van der Waals surface area contributed by atoms with Gasteiger partial charge in [-0.25, -0.2) is 0 Å². The summed E-state index contributed by atoms with van der Waals surface area (Å²) in [5.41, 5.74) is 7.34. The van der Waals surface area contributed by atoms with Crippen LogP contribution in [0.1, 0.15) is 30.9 Å². The summed E-state index contributed by atoms with van der Waals surface area (Å²) in [7, 11) is 4.42. The van der Waals surface area contributed by atoms with Crippen LogP contribution in [0, 0.1) is 0 Å². The number of halogens is 1. The molecular formula is C16H26ClN3. The highest BCUT2D eigenvalue weighted by Crippen LogP contribution is 2.24. The molecule has 2 N–H and O–H groups in total. The number of hydrogen-bond donors (Lipinski definition) is 1. The van der Waals surface area contributed by atoms with E-state index in [-0.39, 0.29) is 6.04 Å². The molecule has 0 saturated carbocycles. The van der Waals surface area contributed by atoms with Crippen LogP contribution in [-0.2, 0) is 0 Å². The molecule has 0 spiro atoms. The summed E-state index contributed by atoms with van der Waals surface area (Å²) in [5.74, 6) is 0. The number of piperidine rings is 1. The van der Waals surface area contributed by atoms with Crippen molar-refractivity contribution in [2.45, 2.75) is 31.3 Å². The molecule has 1 aromatic rings. The van der Waals surface area contributed by atoms with Crippen LogP contribution < -0.4 is 5.73 Å². The van der Waals surface area contributed by atoms with Crippen LogP contribution in [-0.4, -0.2) is 49.6 Å². The summed E-state index contributed by atoms with van der Waals surface area (Å²) in [4.78, 5) is 4.86. The highest BCUT2D eigenvalue weighted by atomic mass is 35.5. The topological polar surface area (TPSA) is 32.5 Å². The molecule has 4 heteroatoms. The lowest BCUT2D eigenvalue weighted by Crippen LogP contribution is -2.42. The smallest absolute Gasteiger partial charge is 0.0453 e. The predicted octanol–water partition coefficient (Wildman–Crippen LogP) is 2.76. The van der Waals surface area contributed by atoms with Gasteiger partial charge < -0.3 is 15.5 Å². The van der Waals surface area contributed by atoms with Crippen LogP contribution in [0.15, 0.2) is 24.3 Å². The van der Waals surface area contributed by atoms with E-state index in [1.165, 1.54) is 25.9 Å². The van der Waals surface area contributed by atoms with Crippen LogP contribution >= 0.6 is 11.6 Å². The van der Waals surface area contributed by atoms with Crippen molar-refractivity contribution in [3.8, 4) is 0 Å². The van der Waals surface area contributed by atoms with Crippen molar-refractivity contribution in [2.75, 3.05) is 33.7 Å². The van der Waals surface area contributed by atoms with Gasteiger partial charge in [0.15, 0.2) is 0 Å². The molecule has 0 bridgehead atoms. The lowest BCUT2D eigenvalue weighted by atomic mass is 10.0. The summed E-state index contributed by atoms with van der Waals surface area (Å²) in [6.07, 6.45) is 3.47. The van der Waals surface area contributed by atoms with Crippen LogP contribution in [0.3, 0.4) is 0 Å². The van der Waals surface area contributed by atoms with E-state index < -0.39 is 0 Å². The van der Waals surface area contributed by atoms with Crippen LogP contribution in [0.5, 0.6) is 0 Å². The molecule has 1 fully saturated rings. The second kappa shape index (κ2) is 7.41. The zero-order valence-electron chi connectivity index (χ0n) is 12.6. The fourth-order valence-electron chi connectivity index (χ4n) is 2.89. The second-order valence-electron chi connectivity index (χ2n) is 5.93. The van der Waals surface area contributed by atoms with Gasteiger partial charge in [0.05, 0.1) is 0 Å². The first kappa shape index (κ1) is 15.8. The van der Waals surface area contributed by atoms with Gasteiger partial charge in [0.1, 0.15) is 0 Å². The van der Waals surface area contributed by atoms with E-state index >= 15 is 0 Å². The minimum Gasteiger partial charge on any atom is -0.324 e. The van der Waals surface area contributed by atoms with Gasteiger partial charge in [0, 0.05) is 17.1 Å². The van der Waals surface area contributed by atoms with E-state index in [4.69, 9.17) is 17.3 Å². The number of hydrogen-bond acceptors (Lipinski definition) is 3. The highest BCUT2D eigenvalue weighted by molar-refractivity contribution is 6.31. The normalized spacial score (nSPS) is 19.4. The third kappa shape index (κ3) is 4.19. The van der Waals surface area contributed by atoms with Gasteiger partial charge >= 0.3 is 0 Å². The number of benzene rings is 1. The van der Waals surface area contributed by atoms with Crippen molar-refractivity contribution in [3.63, 3.8) is 0 Å². The Kier molecular flexibility index (Phi) is 5.85. The SMILES string of the molecule is CN1CCC(N(C)CCC(N)c2ccccc2Cl)CC1. The van der Waals surface area contributed by atoms with Crippen LogP contribution in [0.2, 0.25) is 5.02 Å². The first-order chi connectivity index (χ1) is 9.58.